The number of amides is 1. The molecule has 0 unspecified atom stereocenters. The van der Waals surface area contributed by atoms with Crippen LogP contribution in [0.5, 0.6) is 0 Å². The largest absolute Gasteiger partial charge is 0.340 e. The molecule has 1 aromatic heterocycles. The smallest absolute Gasteiger partial charge is 0.236 e. The third kappa shape index (κ3) is 5.24. The number of hydrogen-bond donors (Lipinski definition) is 0. The van der Waals surface area contributed by atoms with Crippen LogP contribution in [0.3, 0.4) is 0 Å². The van der Waals surface area contributed by atoms with Crippen molar-refractivity contribution in [3.63, 3.8) is 0 Å². The van der Waals surface area contributed by atoms with E-state index >= 15 is 0 Å². The highest BCUT2D eigenvalue weighted by Crippen LogP contribution is 2.10. The molecule has 0 atom stereocenters. The van der Waals surface area contributed by atoms with Gasteiger partial charge in [0.2, 0.25) is 5.91 Å². The zero-order valence-corrected chi connectivity index (χ0v) is 15.5. The van der Waals surface area contributed by atoms with Gasteiger partial charge in [-0.25, -0.2) is 9.07 Å². The first-order valence-corrected chi connectivity index (χ1v) is 8.77. The lowest BCUT2D eigenvalue weighted by Gasteiger charge is -2.21. The van der Waals surface area contributed by atoms with Crippen LogP contribution in [0, 0.1) is 5.82 Å². The normalized spacial score (nSPS) is 11.0. The molecule has 3 aromatic rings. The van der Waals surface area contributed by atoms with Crippen molar-refractivity contribution >= 4 is 5.91 Å². The molecule has 140 valence electrons. The highest BCUT2D eigenvalue weighted by atomic mass is 19.1. The number of benzene rings is 2. The minimum absolute atomic E-state index is 0.00126. The van der Waals surface area contributed by atoms with Crippen LogP contribution in [-0.4, -0.2) is 46.1 Å². The summed E-state index contributed by atoms with van der Waals surface area (Å²) in [5.74, 6) is -0.263. The Bertz CT molecular complexity index is 894. The molecular formula is C21H23FN4O. The summed E-state index contributed by atoms with van der Waals surface area (Å²) in [7, 11) is 3.63. The van der Waals surface area contributed by atoms with Crippen LogP contribution in [0.25, 0.3) is 5.69 Å². The van der Waals surface area contributed by atoms with E-state index in [0.717, 1.165) is 16.8 Å². The van der Waals surface area contributed by atoms with Crippen molar-refractivity contribution < 1.29 is 9.18 Å². The number of nitrogens with zero attached hydrogens (tertiary/aromatic N) is 4. The number of carbonyl (C=O) groups is 1. The van der Waals surface area contributed by atoms with E-state index in [9.17, 15) is 9.18 Å². The maximum atomic E-state index is 13.3. The average molecular weight is 366 g/mol. The van der Waals surface area contributed by atoms with Gasteiger partial charge >= 0.3 is 0 Å². The predicted octanol–water partition coefficient (Wildman–Crippen LogP) is 3.10. The number of rotatable bonds is 7. The predicted molar refractivity (Wildman–Crippen MR) is 103 cm³/mol. The van der Waals surface area contributed by atoms with Gasteiger partial charge in [-0.1, -0.05) is 30.3 Å². The van der Waals surface area contributed by atoms with Crippen molar-refractivity contribution in [3.05, 3.63) is 83.9 Å². The van der Waals surface area contributed by atoms with Gasteiger partial charge in [-0.3, -0.25) is 9.69 Å². The van der Waals surface area contributed by atoms with Crippen LogP contribution >= 0.6 is 0 Å². The highest BCUT2D eigenvalue weighted by molar-refractivity contribution is 5.77. The summed E-state index contributed by atoms with van der Waals surface area (Å²) >= 11 is 0. The van der Waals surface area contributed by atoms with Crippen molar-refractivity contribution in [2.75, 3.05) is 20.6 Å². The van der Waals surface area contributed by atoms with Crippen LogP contribution in [-0.2, 0) is 17.9 Å². The molecule has 27 heavy (non-hydrogen) atoms. The first-order chi connectivity index (χ1) is 13.0. The average Bonchev–Trinajstić information content (AvgIpc) is 3.11. The first-order valence-electron chi connectivity index (χ1n) is 8.77. The van der Waals surface area contributed by atoms with Crippen LogP contribution < -0.4 is 0 Å². The standard InChI is InChI=1S/C21H23FN4O/c1-24(13-17-7-6-8-19(22)11-17)16-21(27)25(2)14-18-12-23-26(15-18)20-9-4-3-5-10-20/h3-12,15H,13-14,16H2,1-2H3. The Hall–Kier alpha value is -2.99. The van der Waals surface area contributed by atoms with Gasteiger partial charge in [-0.2, -0.15) is 5.10 Å². The summed E-state index contributed by atoms with van der Waals surface area (Å²) < 4.78 is 15.1. The summed E-state index contributed by atoms with van der Waals surface area (Å²) in [6.45, 7) is 1.27. The van der Waals surface area contributed by atoms with Crippen LogP contribution in [0.15, 0.2) is 67.0 Å². The summed E-state index contributed by atoms with van der Waals surface area (Å²) in [5, 5.41) is 4.36. The van der Waals surface area contributed by atoms with E-state index in [1.54, 1.807) is 28.9 Å². The van der Waals surface area contributed by atoms with Crippen molar-refractivity contribution in [1.29, 1.82) is 0 Å². The molecule has 0 aliphatic rings. The summed E-state index contributed by atoms with van der Waals surface area (Å²) in [6.07, 6.45) is 3.70. The molecule has 0 aliphatic carbocycles. The number of likely N-dealkylation sites (N-methyl/N-ethyl adjacent to an activating group) is 2. The molecule has 0 saturated heterocycles. The minimum Gasteiger partial charge on any atom is -0.340 e. The van der Waals surface area contributed by atoms with Crippen LogP contribution in [0.2, 0.25) is 0 Å². The Labute approximate surface area is 158 Å². The van der Waals surface area contributed by atoms with Gasteiger partial charge < -0.3 is 4.90 Å². The number of halogens is 1. The fraction of sp³-hybridized carbons (Fsp3) is 0.238. The van der Waals surface area contributed by atoms with Crippen molar-refractivity contribution in [2.45, 2.75) is 13.1 Å². The number of hydrogen-bond acceptors (Lipinski definition) is 3. The minimum atomic E-state index is -0.264. The lowest BCUT2D eigenvalue weighted by molar-refractivity contribution is -0.131. The summed E-state index contributed by atoms with van der Waals surface area (Å²) in [4.78, 5) is 16.0. The molecule has 0 radical (unpaired) electrons. The molecule has 3 rings (SSSR count). The molecule has 0 bridgehead atoms. The quantitative estimate of drug-likeness (QED) is 0.645. The maximum Gasteiger partial charge on any atom is 0.236 e. The lowest BCUT2D eigenvalue weighted by atomic mass is 10.2. The van der Waals surface area contributed by atoms with Gasteiger partial charge in [-0.05, 0) is 36.9 Å². The second-order valence-electron chi connectivity index (χ2n) is 6.68. The van der Waals surface area contributed by atoms with E-state index in [2.05, 4.69) is 5.10 Å². The fourth-order valence-electron chi connectivity index (χ4n) is 2.88. The molecule has 1 amide bonds. The molecule has 0 fully saturated rings. The van der Waals surface area contributed by atoms with Gasteiger partial charge in [-0.15, -0.1) is 0 Å². The Balaban J connectivity index is 1.54. The van der Waals surface area contributed by atoms with E-state index in [0.29, 0.717) is 13.1 Å². The molecule has 0 spiro atoms. The van der Waals surface area contributed by atoms with Crippen molar-refractivity contribution in [1.82, 2.24) is 19.6 Å². The first kappa shape index (κ1) is 18.8. The van der Waals surface area contributed by atoms with Crippen LogP contribution in [0.1, 0.15) is 11.1 Å². The molecule has 0 aliphatic heterocycles. The Morgan fingerprint density at radius 1 is 1.04 bits per heavy atom. The van der Waals surface area contributed by atoms with E-state index in [4.69, 9.17) is 0 Å². The monoisotopic (exact) mass is 366 g/mol. The van der Waals surface area contributed by atoms with Crippen molar-refractivity contribution in [2.24, 2.45) is 0 Å². The Kier molecular flexibility index (Phi) is 5.98. The Morgan fingerprint density at radius 3 is 2.56 bits per heavy atom. The lowest BCUT2D eigenvalue weighted by Crippen LogP contribution is -2.36. The van der Waals surface area contributed by atoms with Gasteiger partial charge in [0, 0.05) is 31.9 Å². The molecule has 6 heteroatoms. The Morgan fingerprint density at radius 2 is 1.81 bits per heavy atom. The van der Waals surface area contributed by atoms with Crippen molar-refractivity contribution in [3.8, 4) is 5.69 Å². The second-order valence-corrected chi connectivity index (χ2v) is 6.68. The third-order valence-corrected chi connectivity index (χ3v) is 4.25. The second kappa shape index (κ2) is 8.60. The zero-order chi connectivity index (χ0) is 19.2. The fourth-order valence-corrected chi connectivity index (χ4v) is 2.88. The third-order valence-electron chi connectivity index (χ3n) is 4.25. The van der Waals surface area contributed by atoms with Gasteiger partial charge in [0.05, 0.1) is 18.4 Å². The number of carbonyl (C=O) groups excluding carboxylic acids is 1. The van der Waals surface area contributed by atoms with E-state index in [1.807, 2.05) is 54.5 Å². The summed E-state index contributed by atoms with van der Waals surface area (Å²) in [5.41, 5.74) is 2.78. The molecule has 0 saturated carbocycles. The van der Waals surface area contributed by atoms with Gasteiger partial charge in [0.1, 0.15) is 5.82 Å². The molecule has 5 nitrogen and oxygen atoms in total. The van der Waals surface area contributed by atoms with E-state index in [1.165, 1.54) is 12.1 Å². The highest BCUT2D eigenvalue weighted by Gasteiger charge is 2.13. The SMILES string of the molecule is CN(CC(=O)N(C)Cc1cnn(-c2ccccc2)c1)Cc1cccc(F)c1. The van der Waals surface area contributed by atoms with Gasteiger partial charge in [0.15, 0.2) is 0 Å². The molecule has 1 heterocycles. The molecule has 0 N–H and O–H groups in total. The molecule has 2 aromatic carbocycles. The van der Waals surface area contributed by atoms with Crippen LogP contribution in [0.4, 0.5) is 4.39 Å². The van der Waals surface area contributed by atoms with Gasteiger partial charge in [0.25, 0.3) is 0 Å². The number of aromatic nitrogens is 2. The summed E-state index contributed by atoms with van der Waals surface area (Å²) in [6, 6.07) is 16.3. The van der Waals surface area contributed by atoms with E-state index in [-0.39, 0.29) is 18.3 Å². The maximum absolute atomic E-state index is 13.3. The topological polar surface area (TPSA) is 41.4 Å². The molecular weight excluding hydrogens is 343 g/mol. The number of para-hydroxylation sites is 1. The van der Waals surface area contributed by atoms with E-state index < -0.39 is 0 Å². The zero-order valence-electron chi connectivity index (χ0n) is 15.5.